The average Bonchev–Trinajstić information content (AvgIpc) is 2.55. The maximum Gasteiger partial charge on any atom is 0.222 e. The fourth-order valence-electron chi connectivity index (χ4n) is 2.30. The van der Waals surface area contributed by atoms with Crippen molar-refractivity contribution in [2.24, 2.45) is 5.29 Å². The summed E-state index contributed by atoms with van der Waals surface area (Å²) in [6, 6.07) is 8.15. The molecule has 0 unspecified atom stereocenters. The first-order chi connectivity index (χ1) is 11.5. The predicted octanol–water partition coefficient (Wildman–Crippen LogP) is 2.76. The third-order valence-corrected chi connectivity index (χ3v) is 3.44. The quantitative estimate of drug-likeness (QED) is 0.562. The van der Waals surface area contributed by atoms with Gasteiger partial charge in [-0.2, -0.15) is 4.98 Å². The first-order valence-electron chi connectivity index (χ1n) is 6.85. The SMILES string of the molecule is Nc1nc(N)c2cc(N(Cc3ccc(F)c(F)c3)N=O)ccc2n1. The number of hydrogen-bond donors (Lipinski definition) is 2. The molecule has 7 nitrogen and oxygen atoms in total. The lowest BCUT2D eigenvalue weighted by molar-refractivity contribution is 0.507. The number of halogens is 2. The number of hydrogen-bond acceptors (Lipinski definition) is 6. The highest BCUT2D eigenvalue weighted by Gasteiger charge is 2.12. The normalized spacial score (nSPS) is 10.8. The van der Waals surface area contributed by atoms with Gasteiger partial charge in [0.2, 0.25) is 5.95 Å². The van der Waals surface area contributed by atoms with Gasteiger partial charge in [0, 0.05) is 5.39 Å². The molecule has 3 rings (SSSR count). The number of fused-ring (bicyclic) bond motifs is 1. The summed E-state index contributed by atoms with van der Waals surface area (Å²) in [6.07, 6.45) is 0. The Bertz CT molecular complexity index is 933. The van der Waals surface area contributed by atoms with E-state index in [0.717, 1.165) is 17.1 Å². The van der Waals surface area contributed by atoms with Crippen molar-refractivity contribution < 1.29 is 8.78 Å². The summed E-state index contributed by atoms with van der Waals surface area (Å²) in [7, 11) is 0. The molecule has 0 aliphatic heterocycles. The maximum atomic E-state index is 13.3. The Hall–Kier alpha value is -3.36. The van der Waals surface area contributed by atoms with Crippen molar-refractivity contribution in [2.45, 2.75) is 6.54 Å². The van der Waals surface area contributed by atoms with Crippen LogP contribution in [0.4, 0.5) is 26.2 Å². The van der Waals surface area contributed by atoms with Gasteiger partial charge in [0.15, 0.2) is 11.6 Å². The number of aromatic nitrogens is 2. The zero-order valence-electron chi connectivity index (χ0n) is 12.3. The van der Waals surface area contributed by atoms with Crippen LogP contribution in [0.25, 0.3) is 10.9 Å². The summed E-state index contributed by atoms with van der Waals surface area (Å²) in [4.78, 5) is 19.1. The lowest BCUT2D eigenvalue weighted by atomic mass is 10.1. The molecule has 0 amide bonds. The molecule has 3 aromatic rings. The monoisotopic (exact) mass is 330 g/mol. The number of anilines is 3. The predicted molar refractivity (Wildman–Crippen MR) is 86.7 cm³/mol. The Morgan fingerprint density at radius 3 is 2.54 bits per heavy atom. The molecule has 0 bridgehead atoms. The number of benzene rings is 2. The first kappa shape index (κ1) is 15.5. The van der Waals surface area contributed by atoms with E-state index >= 15 is 0 Å². The summed E-state index contributed by atoms with van der Waals surface area (Å²) in [5, 5.41) is 4.51. The van der Waals surface area contributed by atoms with Gasteiger partial charge < -0.3 is 11.5 Å². The van der Waals surface area contributed by atoms with E-state index in [4.69, 9.17) is 11.5 Å². The average molecular weight is 330 g/mol. The van der Waals surface area contributed by atoms with Crippen molar-refractivity contribution in [1.29, 1.82) is 0 Å². The fraction of sp³-hybridized carbons (Fsp3) is 0.0667. The molecule has 4 N–H and O–H groups in total. The van der Waals surface area contributed by atoms with Gasteiger partial charge in [-0.1, -0.05) is 6.07 Å². The lowest BCUT2D eigenvalue weighted by Crippen LogP contribution is -2.15. The zero-order chi connectivity index (χ0) is 17.3. The molecule has 0 saturated heterocycles. The number of nitrogens with zero attached hydrogens (tertiary/aromatic N) is 4. The molecule has 1 aromatic heterocycles. The van der Waals surface area contributed by atoms with Crippen LogP contribution < -0.4 is 16.5 Å². The number of nitrogen functional groups attached to an aromatic ring is 2. The van der Waals surface area contributed by atoms with Crippen LogP contribution in [-0.2, 0) is 6.54 Å². The second kappa shape index (κ2) is 6.03. The largest absolute Gasteiger partial charge is 0.383 e. The van der Waals surface area contributed by atoms with Crippen LogP contribution in [0.3, 0.4) is 0 Å². The van der Waals surface area contributed by atoms with Crippen LogP contribution in [-0.4, -0.2) is 9.97 Å². The number of nitrogens with two attached hydrogens (primary N) is 2. The smallest absolute Gasteiger partial charge is 0.222 e. The van der Waals surface area contributed by atoms with E-state index in [1.54, 1.807) is 18.2 Å². The molecular weight excluding hydrogens is 318 g/mol. The second-order valence-electron chi connectivity index (χ2n) is 5.06. The van der Waals surface area contributed by atoms with E-state index in [9.17, 15) is 13.7 Å². The molecule has 0 spiro atoms. The van der Waals surface area contributed by atoms with Crippen molar-refractivity contribution >= 4 is 28.4 Å². The zero-order valence-corrected chi connectivity index (χ0v) is 12.3. The molecule has 0 radical (unpaired) electrons. The van der Waals surface area contributed by atoms with Gasteiger partial charge >= 0.3 is 0 Å². The van der Waals surface area contributed by atoms with Crippen molar-refractivity contribution in [2.75, 3.05) is 16.5 Å². The van der Waals surface area contributed by atoms with Crippen molar-refractivity contribution in [3.8, 4) is 0 Å². The van der Waals surface area contributed by atoms with Gasteiger partial charge in [-0.15, -0.1) is 4.91 Å². The Morgan fingerprint density at radius 1 is 1.04 bits per heavy atom. The fourth-order valence-corrected chi connectivity index (χ4v) is 2.30. The molecular formula is C15H12F2N6O. The minimum absolute atomic E-state index is 0.0397. The van der Waals surface area contributed by atoms with Crippen LogP contribution in [0.5, 0.6) is 0 Å². The van der Waals surface area contributed by atoms with E-state index < -0.39 is 11.6 Å². The van der Waals surface area contributed by atoms with Gasteiger partial charge in [-0.3, -0.25) is 0 Å². The standard InChI is InChI=1S/C15H12F2N6O/c16-11-3-1-8(5-12(11)17)7-23(22-24)9-2-4-13-10(6-9)14(18)21-15(19)20-13/h1-6H,7H2,(H4,18,19,20,21). The maximum absolute atomic E-state index is 13.3. The summed E-state index contributed by atoms with van der Waals surface area (Å²) in [6.45, 7) is -0.0397. The third kappa shape index (κ3) is 2.91. The molecule has 0 aliphatic carbocycles. The third-order valence-electron chi connectivity index (χ3n) is 3.44. The Balaban J connectivity index is 1.97. The Kier molecular flexibility index (Phi) is 3.90. The van der Waals surface area contributed by atoms with Crippen LogP contribution in [0.2, 0.25) is 0 Å². The van der Waals surface area contributed by atoms with Crippen molar-refractivity contribution in [3.63, 3.8) is 0 Å². The van der Waals surface area contributed by atoms with E-state index in [2.05, 4.69) is 15.3 Å². The molecule has 0 atom stereocenters. The summed E-state index contributed by atoms with van der Waals surface area (Å²) >= 11 is 0. The molecule has 0 fully saturated rings. The number of nitroso groups, excluding NO2 is 1. The summed E-state index contributed by atoms with van der Waals surface area (Å²) in [5.41, 5.74) is 12.6. The van der Waals surface area contributed by atoms with Gasteiger partial charge in [0.25, 0.3) is 0 Å². The van der Waals surface area contributed by atoms with Gasteiger partial charge in [-0.25, -0.2) is 18.8 Å². The topological polar surface area (TPSA) is 110 Å². The summed E-state index contributed by atoms with van der Waals surface area (Å²) < 4.78 is 26.3. The van der Waals surface area contributed by atoms with E-state index in [1.165, 1.54) is 6.07 Å². The molecule has 122 valence electrons. The molecule has 0 saturated carbocycles. The van der Waals surface area contributed by atoms with Crippen molar-refractivity contribution in [1.82, 2.24) is 9.97 Å². The molecule has 9 heteroatoms. The van der Waals surface area contributed by atoms with Crippen LogP contribution >= 0.6 is 0 Å². The van der Waals surface area contributed by atoms with Crippen molar-refractivity contribution in [3.05, 3.63) is 58.5 Å². The van der Waals surface area contributed by atoms with Crippen LogP contribution in [0.15, 0.2) is 41.7 Å². The highest BCUT2D eigenvalue weighted by Crippen LogP contribution is 2.26. The van der Waals surface area contributed by atoms with Gasteiger partial charge in [0.05, 0.1) is 23.0 Å². The van der Waals surface area contributed by atoms with Gasteiger partial charge in [-0.05, 0) is 35.9 Å². The van der Waals surface area contributed by atoms with E-state index in [1.807, 2.05) is 0 Å². The minimum atomic E-state index is -0.995. The van der Waals surface area contributed by atoms with E-state index in [-0.39, 0.29) is 18.3 Å². The minimum Gasteiger partial charge on any atom is -0.383 e. The van der Waals surface area contributed by atoms with Crippen LogP contribution in [0, 0.1) is 16.5 Å². The number of rotatable bonds is 4. The molecule has 2 aromatic carbocycles. The van der Waals surface area contributed by atoms with E-state index in [0.29, 0.717) is 22.2 Å². The second-order valence-corrected chi connectivity index (χ2v) is 5.06. The summed E-state index contributed by atoms with van der Waals surface area (Å²) in [5.74, 6) is -1.75. The lowest BCUT2D eigenvalue weighted by Gasteiger charge is -2.16. The Labute approximate surface area is 134 Å². The molecule has 1 heterocycles. The highest BCUT2D eigenvalue weighted by molar-refractivity contribution is 5.91. The van der Waals surface area contributed by atoms with Gasteiger partial charge in [0.1, 0.15) is 5.82 Å². The Morgan fingerprint density at radius 2 is 1.83 bits per heavy atom. The molecule has 24 heavy (non-hydrogen) atoms. The first-order valence-corrected chi connectivity index (χ1v) is 6.85. The highest BCUT2D eigenvalue weighted by atomic mass is 19.2. The molecule has 0 aliphatic rings. The van der Waals surface area contributed by atoms with Crippen LogP contribution in [0.1, 0.15) is 5.56 Å².